The minimum atomic E-state index is 0.0690. The van der Waals surface area contributed by atoms with Gasteiger partial charge >= 0.3 is 0 Å². The maximum Gasteiger partial charge on any atom is 0.228 e. The van der Waals surface area contributed by atoms with Gasteiger partial charge in [0.25, 0.3) is 0 Å². The Morgan fingerprint density at radius 1 is 1.06 bits per heavy atom. The van der Waals surface area contributed by atoms with E-state index in [9.17, 15) is 0 Å². The molecule has 0 spiro atoms. The summed E-state index contributed by atoms with van der Waals surface area (Å²) in [5.41, 5.74) is 2.17. The van der Waals surface area contributed by atoms with Crippen molar-refractivity contribution in [3.05, 3.63) is 52.5 Å². The van der Waals surface area contributed by atoms with E-state index in [0.717, 1.165) is 11.1 Å². The molecule has 1 N–H and O–H groups in total. The van der Waals surface area contributed by atoms with Crippen molar-refractivity contribution in [2.75, 3.05) is 5.32 Å². The predicted octanol–water partition coefficient (Wildman–Crippen LogP) is 3.43. The molecule has 1 aromatic heterocycles. The molecule has 0 aliphatic rings. The van der Waals surface area contributed by atoms with Crippen molar-refractivity contribution in [3.63, 3.8) is 0 Å². The highest BCUT2D eigenvalue weighted by atomic mass is 35.5. The normalized spacial score (nSPS) is 10.1. The zero-order valence-electron chi connectivity index (χ0n) is 9.40. The van der Waals surface area contributed by atoms with Crippen LogP contribution in [0.15, 0.2) is 30.8 Å². The zero-order chi connectivity index (χ0) is 13.0. The lowest BCUT2D eigenvalue weighted by atomic mass is 10.1. The number of aromatic nitrogens is 3. The molecule has 0 amide bonds. The minimum absolute atomic E-state index is 0.0690. The number of hydrogen-bond donors (Lipinski definition) is 1. The van der Waals surface area contributed by atoms with Crippen LogP contribution in [-0.2, 0) is 6.54 Å². The van der Waals surface area contributed by atoms with Crippen LogP contribution in [0.25, 0.3) is 6.08 Å². The van der Waals surface area contributed by atoms with Crippen LogP contribution >= 0.6 is 23.2 Å². The quantitative estimate of drug-likeness (QED) is 0.932. The van der Waals surface area contributed by atoms with E-state index in [0.29, 0.717) is 12.5 Å². The van der Waals surface area contributed by atoms with Gasteiger partial charge in [-0.1, -0.05) is 36.9 Å². The molecule has 0 fully saturated rings. The Labute approximate surface area is 115 Å². The summed E-state index contributed by atoms with van der Waals surface area (Å²) < 4.78 is 0. The molecule has 0 bridgehead atoms. The van der Waals surface area contributed by atoms with Crippen molar-refractivity contribution < 1.29 is 0 Å². The maximum absolute atomic E-state index is 5.67. The van der Waals surface area contributed by atoms with Gasteiger partial charge in [-0.2, -0.15) is 15.0 Å². The summed E-state index contributed by atoms with van der Waals surface area (Å²) in [6, 6.07) is 7.96. The lowest BCUT2D eigenvalue weighted by Crippen LogP contribution is -2.04. The van der Waals surface area contributed by atoms with E-state index in [-0.39, 0.29) is 10.6 Å². The smallest absolute Gasteiger partial charge is 0.228 e. The second kappa shape index (κ2) is 5.80. The molecular weight excluding hydrogens is 271 g/mol. The highest BCUT2D eigenvalue weighted by Crippen LogP contribution is 2.11. The summed E-state index contributed by atoms with van der Waals surface area (Å²) in [5, 5.41) is 3.16. The predicted molar refractivity (Wildman–Crippen MR) is 73.7 cm³/mol. The first kappa shape index (κ1) is 12.8. The maximum atomic E-state index is 5.67. The number of nitrogens with one attached hydrogen (secondary N) is 1. The summed E-state index contributed by atoms with van der Waals surface area (Å²) >= 11 is 11.3. The fourth-order valence-electron chi connectivity index (χ4n) is 1.36. The van der Waals surface area contributed by atoms with Crippen molar-refractivity contribution in [3.8, 4) is 0 Å². The van der Waals surface area contributed by atoms with Crippen LogP contribution in [0, 0.1) is 0 Å². The minimum Gasteiger partial charge on any atom is -0.350 e. The standard InChI is InChI=1S/C12H10Cl2N4/c1-2-8-3-5-9(6-4-8)7-15-12-17-10(13)16-11(14)18-12/h2-6H,1,7H2,(H,15,16,17,18). The number of hydrogen-bond acceptors (Lipinski definition) is 4. The number of rotatable bonds is 4. The van der Waals surface area contributed by atoms with E-state index >= 15 is 0 Å². The van der Waals surface area contributed by atoms with Gasteiger partial charge in [0.1, 0.15) is 0 Å². The molecule has 0 saturated carbocycles. The van der Waals surface area contributed by atoms with Crippen molar-refractivity contribution in [2.24, 2.45) is 0 Å². The van der Waals surface area contributed by atoms with E-state index in [4.69, 9.17) is 23.2 Å². The molecule has 2 rings (SSSR count). The van der Waals surface area contributed by atoms with Crippen molar-refractivity contribution >= 4 is 35.2 Å². The van der Waals surface area contributed by atoms with Crippen LogP contribution in [0.4, 0.5) is 5.95 Å². The lowest BCUT2D eigenvalue weighted by Gasteiger charge is -2.05. The molecule has 4 nitrogen and oxygen atoms in total. The lowest BCUT2D eigenvalue weighted by molar-refractivity contribution is 1.00. The van der Waals surface area contributed by atoms with Crippen LogP contribution in [0.3, 0.4) is 0 Å². The second-order valence-electron chi connectivity index (χ2n) is 3.50. The molecule has 0 aliphatic carbocycles. The number of anilines is 1. The van der Waals surface area contributed by atoms with Gasteiger partial charge < -0.3 is 5.32 Å². The molecule has 1 heterocycles. The summed E-state index contributed by atoms with van der Waals surface area (Å²) in [6.07, 6.45) is 1.79. The van der Waals surface area contributed by atoms with Crippen molar-refractivity contribution in [1.29, 1.82) is 0 Å². The first-order chi connectivity index (χ1) is 8.67. The highest BCUT2D eigenvalue weighted by Gasteiger charge is 2.02. The van der Waals surface area contributed by atoms with Crippen LogP contribution in [0.2, 0.25) is 10.6 Å². The molecule has 0 saturated heterocycles. The van der Waals surface area contributed by atoms with E-state index in [2.05, 4.69) is 26.8 Å². The summed E-state index contributed by atoms with van der Waals surface area (Å²) in [6.45, 7) is 4.28. The van der Waals surface area contributed by atoms with Gasteiger partial charge in [-0.3, -0.25) is 0 Å². The molecule has 0 aliphatic heterocycles. The average Bonchev–Trinajstić information content (AvgIpc) is 2.36. The first-order valence-electron chi connectivity index (χ1n) is 5.20. The molecule has 18 heavy (non-hydrogen) atoms. The summed E-state index contributed by atoms with van der Waals surface area (Å²) in [4.78, 5) is 11.5. The SMILES string of the molecule is C=Cc1ccc(CNc2nc(Cl)nc(Cl)n2)cc1. The third-order valence-electron chi connectivity index (χ3n) is 2.25. The Balaban J connectivity index is 2.03. The zero-order valence-corrected chi connectivity index (χ0v) is 10.9. The molecule has 92 valence electrons. The van der Waals surface area contributed by atoms with E-state index in [1.54, 1.807) is 6.08 Å². The van der Waals surface area contributed by atoms with E-state index in [1.165, 1.54) is 0 Å². The van der Waals surface area contributed by atoms with Gasteiger partial charge in [0, 0.05) is 6.54 Å². The largest absolute Gasteiger partial charge is 0.350 e. The monoisotopic (exact) mass is 280 g/mol. The van der Waals surface area contributed by atoms with Gasteiger partial charge in [0.15, 0.2) is 0 Å². The molecule has 0 radical (unpaired) electrons. The highest BCUT2D eigenvalue weighted by molar-refractivity contribution is 6.31. The molecular formula is C12H10Cl2N4. The van der Waals surface area contributed by atoms with Gasteiger partial charge in [0.05, 0.1) is 0 Å². The van der Waals surface area contributed by atoms with Gasteiger partial charge in [0.2, 0.25) is 16.5 Å². The van der Waals surface area contributed by atoms with Gasteiger partial charge in [-0.25, -0.2) is 0 Å². The third-order valence-corrected chi connectivity index (χ3v) is 2.58. The van der Waals surface area contributed by atoms with Crippen LogP contribution in [0.1, 0.15) is 11.1 Å². The van der Waals surface area contributed by atoms with E-state index < -0.39 is 0 Å². The molecule has 1 aromatic carbocycles. The average molecular weight is 281 g/mol. The number of halogens is 2. The third kappa shape index (κ3) is 3.42. The van der Waals surface area contributed by atoms with Crippen molar-refractivity contribution in [1.82, 2.24) is 15.0 Å². The van der Waals surface area contributed by atoms with E-state index in [1.807, 2.05) is 24.3 Å². The Morgan fingerprint density at radius 2 is 1.67 bits per heavy atom. The Bertz CT molecular complexity index is 534. The second-order valence-corrected chi connectivity index (χ2v) is 4.17. The fourth-order valence-corrected chi connectivity index (χ4v) is 1.72. The Morgan fingerprint density at radius 3 is 2.22 bits per heavy atom. The number of benzene rings is 1. The summed E-state index contributed by atoms with van der Waals surface area (Å²) in [7, 11) is 0. The Hall–Kier alpha value is -1.65. The molecule has 0 atom stereocenters. The molecule has 6 heteroatoms. The summed E-state index contributed by atoms with van der Waals surface area (Å²) in [5.74, 6) is 0.354. The Kier molecular flexibility index (Phi) is 4.12. The molecule has 0 unspecified atom stereocenters. The van der Waals surface area contributed by atoms with Crippen LogP contribution in [0.5, 0.6) is 0 Å². The van der Waals surface area contributed by atoms with Crippen molar-refractivity contribution in [2.45, 2.75) is 6.54 Å². The fraction of sp³-hybridized carbons (Fsp3) is 0.0833. The number of nitrogens with zero attached hydrogens (tertiary/aromatic N) is 3. The topological polar surface area (TPSA) is 50.7 Å². The van der Waals surface area contributed by atoms with Gasteiger partial charge in [-0.05, 0) is 34.3 Å². The van der Waals surface area contributed by atoms with Crippen LogP contribution < -0.4 is 5.32 Å². The van der Waals surface area contributed by atoms with Gasteiger partial charge in [-0.15, -0.1) is 0 Å². The van der Waals surface area contributed by atoms with Crippen LogP contribution in [-0.4, -0.2) is 15.0 Å². The molecule has 2 aromatic rings. The first-order valence-corrected chi connectivity index (χ1v) is 5.95.